The number of methoxy groups -OCH3 is 1. The van der Waals surface area contributed by atoms with E-state index in [4.69, 9.17) is 26.0 Å². The molecule has 5 nitrogen and oxygen atoms in total. The van der Waals surface area contributed by atoms with Gasteiger partial charge in [0.1, 0.15) is 17.4 Å². The summed E-state index contributed by atoms with van der Waals surface area (Å²) < 4.78 is 10.1. The van der Waals surface area contributed by atoms with Gasteiger partial charge in [0.05, 0.1) is 7.11 Å². The number of carbonyl (C=O) groups excluding carboxylic acids is 1. The van der Waals surface area contributed by atoms with Gasteiger partial charge in [0.25, 0.3) is 11.9 Å². The number of anilines is 1. The normalized spacial score (nSPS) is 10.8. The molecule has 0 aliphatic heterocycles. The molecule has 0 aliphatic rings. The van der Waals surface area contributed by atoms with E-state index in [-0.39, 0.29) is 5.57 Å². The largest absolute Gasteiger partial charge is 0.468 e. The summed E-state index contributed by atoms with van der Waals surface area (Å²) in [5.41, 5.74) is 0.463. The van der Waals surface area contributed by atoms with Crippen LogP contribution in [-0.4, -0.2) is 13.0 Å². The molecular formula is C15H11ClN2O3. The first kappa shape index (κ1) is 14.7. The highest BCUT2D eigenvalue weighted by molar-refractivity contribution is 6.30. The number of nitrogens with one attached hydrogen (secondary N) is 1. The van der Waals surface area contributed by atoms with Crippen molar-refractivity contribution in [1.29, 1.82) is 5.26 Å². The van der Waals surface area contributed by atoms with Crippen LogP contribution in [-0.2, 0) is 4.79 Å². The van der Waals surface area contributed by atoms with E-state index in [9.17, 15) is 4.79 Å². The van der Waals surface area contributed by atoms with Gasteiger partial charge in [-0.05, 0) is 30.3 Å². The molecule has 0 unspecified atom stereocenters. The molecule has 0 spiro atoms. The van der Waals surface area contributed by atoms with E-state index in [1.165, 1.54) is 13.2 Å². The van der Waals surface area contributed by atoms with E-state index in [0.717, 1.165) is 0 Å². The molecule has 1 N–H and O–H groups in total. The van der Waals surface area contributed by atoms with Gasteiger partial charge in [-0.2, -0.15) is 5.26 Å². The van der Waals surface area contributed by atoms with Crippen LogP contribution in [0.25, 0.3) is 6.08 Å². The van der Waals surface area contributed by atoms with Crippen molar-refractivity contribution in [2.45, 2.75) is 0 Å². The molecule has 1 heterocycles. The van der Waals surface area contributed by atoms with Gasteiger partial charge in [0.2, 0.25) is 0 Å². The first-order valence-corrected chi connectivity index (χ1v) is 6.32. The third-order valence-corrected chi connectivity index (χ3v) is 2.81. The Kier molecular flexibility index (Phi) is 4.64. The number of hydrogen-bond acceptors (Lipinski definition) is 4. The Balaban J connectivity index is 2.15. The van der Waals surface area contributed by atoms with Crippen molar-refractivity contribution in [2.24, 2.45) is 0 Å². The smallest absolute Gasteiger partial charge is 0.284 e. The summed E-state index contributed by atoms with van der Waals surface area (Å²) in [5, 5.41) is 12.2. The average molecular weight is 303 g/mol. The number of carbonyl (C=O) groups is 1. The van der Waals surface area contributed by atoms with Crippen LogP contribution in [0.4, 0.5) is 5.69 Å². The molecule has 6 heteroatoms. The number of halogens is 1. The van der Waals surface area contributed by atoms with E-state index >= 15 is 0 Å². The average Bonchev–Trinajstić information content (AvgIpc) is 2.94. The zero-order valence-electron chi connectivity index (χ0n) is 11.1. The summed E-state index contributed by atoms with van der Waals surface area (Å²) in [6.45, 7) is 0. The third kappa shape index (κ3) is 3.88. The summed E-state index contributed by atoms with van der Waals surface area (Å²) in [5.74, 6) is 0.126. The first-order chi connectivity index (χ1) is 10.1. The summed E-state index contributed by atoms with van der Waals surface area (Å²) in [6, 6.07) is 11.6. The maximum Gasteiger partial charge on any atom is 0.284 e. The standard InChI is InChI=1S/C15H11ClN2O3/c1-20-14-7-6-13(21-14)8-10(9-17)15(19)18-12-4-2-11(16)3-5-12/h2-8H,1H3,(H,18,19)/b10-8+. The van der Waals surface area contributed by atoms with Gasteiger partial charge in [0.15, 0.2) is 0 Å². The SMILES string of the molecule is COc1ccc(/C=C(\C#N)C(=O)Nc2ccc(Cl)cc2)o1. The Labute approximate surface area is 126 Å². The molecular weight excluding hydrogens is 292 g/mol. The Bertz CT molecular complexity index is 711. The predicted molar refractivity (Wildman–Crippen MR) is 78.9 cm³/mol. The fourth-order valence-electron chi connectivity index (χ4n) is 1.54. The van der Waals surface area contributed by atoms with E-state index in [1.807, 2.05) is 6.07 Å². The van der Waals surface area contributed by atoms with Crippen molar-refractivity contribution in [3.05, 3.63) is 52.8 Å². The highest BCUT2D eigenvalue weighted by Crippen LogP contribution is 2.19. The molecule has 21 heavy (non-hydrogen) atoms. The molecule has 1 aromatic heterocycles. The second-order valence-corrected chi connectivity index (χ2v) is 4.43. The monoisotopic (exact) mass is 302 g/mol. The van der Waals surface area contributed by atoms with Gasteiger partial charge in [-0.1, -0.05) is 11.6 Å². The number of amides is 1. The van der Waals surface area contributed by atoms with Crippen molar-refractivity contribution >= 4 is 29.3 Å². The molecule has 0 saturated carbocycles. The predicted octanol–water partition coefficient (Wildman–Crippen LogP) is 3.49. The van der Waals surface area contributed by atoms with E-state index in [1.54, 1.807) is 36.4 Å². The van der Waals surface area contributed by atoms with Crippen molar-refractivity contribution in [2.75, 3.05) is 12.4 Å². The maximum absolute atomic E-state index is 12.0. The first-order valence-electron chi connectivity index (χ1n) is 5.95. The number of benzene rings is 1. The van der Waals surface area contributed by atoms with Gasteiger partial charge in [-0.25, -0.2) is 0 Å². The number of furan rings is 1. The molecule has 1 aromatic carbocycles. The third-order valence-electron chi connectivity index (χ3n) is 2.56. The number of nitriles is 1. The summed E-state index contributed by atoms with van der Waals surface area (Å²) in [6.07, 6.45) is 1.34. The van der Waals surface area contributed by atoms with Crippen LogP contribution in [0, 0.1) is 11.3 Å². The number of ether oxygens (including phenoxy) is 1. The van der Waals surface area contributed by atoms with Crippen LogP contribution in [0.2, 0.25) is 5.02 Å². The highest BCUT2D eigenvalue weighted by atomic mass is 35.5. The maximum atomic E-state index is 12.0. The van der Waals surface area contributed by atoms with Crippen LogP contribution in [0.5, 0.6) is 5.95 Å². The van der Waals surface area contributed by atoms with Crippen LogP contribution < -0.4 is 10.1 Å². The van der Waals surface area contributed by atoms with Crippen molar-refractivity contribution < 1.29 is 13.9 Å². The van der Waals surface area contributed by atoms with Crippen molar-refractivity contribution in [1.82, 2.24) is 0 Å². The van der Waals surface area contributed by atoms with Crippen LogP contribution in [0.1, 0.15) is 5.76 Å². The van der Waals surface area contributed by atoms with E-state index in [2.05, 4.69) is 5.32 Å². The minimum absolute atomic E-state index is 0.0815. The summed E-state index contributed by atoms with van der Waals surface area (Å²) >= 11 is 5.76. The second-order valence-electron chi connectivity index (χ2n) is 3.99. The lowest BCUT2D eigenvalue weighted by Crippen LogP contribution is -2.13. The Morgan fingerprint density at radius 1 is 1.33 bits per heavy atom. The number of rotatable bonds is 4. The molecule has 0 atom stereocenters. The molecule has 0 bridgehead atoms. The van der Waals surface area contributed by atoms with E-state index < -0.39 is 5.91 Å². The lowest BCUT2D eigenvalue weighted by atomic mass is 10.2. The fourth-order valence-corrected chi connectivity index (χ4v) is 1.67. The Hall–Kier alpha value is -2.71. The van der Waals surface area contributed by atoms with Crippen LogP contribution in [0.15, 0.2) is 46.4 Å². The van der Waals surface area contributed by atoms with Crippen LogP contribution in [0.3, 0.4) is 0 Å². The molecule has 0 radical (unpaired) electrons. The molecule has 0 aliphatic carbocycles. The number of hydrogen-bond donors (Lipinski definition) is 1. The van der Waals surface area contributed by atoms with Gasteiger partial charge in [-0.15, -0.1) is 0 Å². The molecule has 2 rings (SSSR count). The molecule has 0 saturated heterocycles. The lowest BCUT2D eigenvalue weighted by Gasteiger charge is -2.03. The number of nitrogens with zero attached hydrogens (tertiary/aromatic N) is 1. The zero-order chi connectivity index (χ0) is 15.2. The van der Waals surface area contributed by atoms with E-state index in [0.29, 0.717) is 22.4 Å². The Morgan fingerprint density at radius 3 is 2.62 bits per heavy atom. The van der Waals surface area contributed by atoms with Gasteiger partial charge >= 0.3 is 0 Å². The summed E-state index contributed by atoms with van der Waals surface area (Å²) in [4.78, 5) is 12.0. The molecule has 1 amide bonds. The topological polar surface area (TPSA) is 75.3 Å². The minimum Gasteiger partial charge on any atom is -0.468 e. The molecule has 0 fully saturated rings. The second kappa shape index (κ2) is 6.64. The summed E-state index contributed by atoms with van der Waals surface area (Å²) in [7, 11) is 1.46. The van der Waals surface area contributed by atoms with Gasteiger partial charge in [0, 0.05) is 22.9 Å². The highest BCUT2D eigenvalue weighted by Gasteiger charge is 2.11. The van der Waals surface area contributed by atoms with Gasteiger partial charge < -0.3 is 14.5 Å². The van der Waals surface area contributed by atoms with Crippen molar-refractivity contribution in [3.8, 4) is 12.0 Å². The quantitative estimate of drug-likeness (QED) is 0.693. The Morgan fingerprint density at radius 2 is 2.05 bits per heavy atom. The zero-order valence-corrected chi connectivity index (χ0v) is 11.8. The van der Waals surface area contributed by atoms with Gasteiger partial charge in [-0.3, -0.25) is 4.79 Å². The van der Waals surface area contributed by atoms with Crippen molar-refractivity contribution in [3.63, 3.8) is 0 Å². The fraction of sp³-hybridized carbons (Fsp3) is 0.0667. The molecule has 2 aromatic rings. The molecule has 106 valence electrons. The minimum atomic E-state index is -0.532. The lowest BCUT2D eigenvalue weighted by molar-refractivity contribution is -0.112. The van der Waals surface area contributed by atoms with Crippen LogP contribution >= 0.6 is 11.6 Å².